The van der Waals surface area contributed by atoms with Gasteiger partial charge in [0.25, 0.3) is 0 Å². The van der Waals surface area contributed by atoms with Crippen molar-refractivity contribution >= 4 is 0 Å². The van der Waals surface area contributed by atoms with Crippen molar-refractivity contribution in [1.29, 1.82) is 0 Å². The molecular formula is C14H22FN. The van der Waals surface area contributed by atoms with Gasteiger partial charge in [-0.2, -0.15) is 0 Å². The number of hydrogen-bond donors (Lipinski definition) is 0. The highest BCUT2D eigenvalue weighted by Crippen LogP contribution is 2.32. The van der Waals surface area contributed by atoms with E-state index in [2.05, 4.69) is 25.8 Å². The molecule has 0 atom stereocenters. The third kappa shape index (κ3) is 2.62. The zero-order valence-electron chi connectivity index (χ0n) is 11.0. The highest BCUT2D eigenvalue weighted by atomic mass is 19.1. The molecule has 0 saturated heterocycles. The lowest BCUT2D eigenvalue weighted by molar-refractivity contribution is 0.235. The Morgan fingerprint density at radius 2 is 1.88 bits per heavy atom. The molecule has 90 valence electrons. The molecule has 1 aliphatic rings. The predicted octanol–water partition coefficient (Wildman–Crippen LogP) is 3.57. The molecule has 0 amide bonds. The molecule has 1 nitrogen and oxygen atoms in total. The fourth-order valence-corrected chi connectivity index (χ4v) is 2.42. The number of rotatable bonds is 0. The van der Waals surface area contributed by atoms with E-state index in [1.807, 2.05) is 19.9 Å². The Morgan fingerprint density at radius 1 is 1.25 bits per heavy atom. The van der Waals surface area contributed by atoms with Gasteiger partial charge in [0, 0.05) is 18.5 Å². The van der Waals surface area contributed by atoms with Gasteiger partial charge in [-0.3, -0.25) is 0 Å². The van der Waals surface area contributed by atoms with Crippen molar-refractivity contribution in [3.05, 3.63) is 35.1 Å². The summed E-state index contributed by atoms with van der Waals surface area (Å²) in [6.07, 6.45) is 0. The number of nitrogens with zero attached hydrogens (tertiary/aromatic N) is 1. The topological polar surface area (TPSA) is 3.24 Å². The number of hydrogen-bond acceptors (Lipinski definition) is 1. The van der Waals surface area contributed by atoms with Crippen LogP contribution in [0.4, 0.5) is 4.39 Å². The molecule has 2 heteroatoms. The van der Waals surface area contributed by atoms with Gasteiger partial charge in [-0.1, -0.05) is 33.8 Å². The predicted molar refractivity (Wildman–Crippen MR) is 67.1 cm³/mol. The maximum atomic E-state index is 13.1. The van der Waals surface area contributed by atoms with Crippen molar-refractivity contribution in [2.45, 2.75) is 39.7 Å². The molecule has 0 aliphatic carbocycles. The van der Waals surface area contributed by atoms with Crippen molar-refractivity contribution in [3.8, 4) is 0 Å². The van der Waals surface area contributed by atoms with Gasteiger partial charge in [-0.15, -0.1) is 0 Å². The smallest absolute Gasteiger partial charge is 0.123 e. The third-order valence-electron chi connectivity index (χ3n) is 2.91. The Morgan fingerprint density at radius 3 is 2.50 bits per heavy atom. The molecule has 2 rings (SSSR count). The van der Waals surface area contributed by atoms with E-state index in [1.165, 1.54) is 5.56 Å². The summed E-state index contributed by atoms with van der Waals surface area (Å²) in [7, 11) is 2.11. The van der Waals surface area contributed by atoms with Gasteiger partial charge in [0.2, 0.25) is 0 Å². The van der Waals surface area contributed by atoms with E-state index in [9.17, 15) is 4.39 Å². The number of likely N-dealkylation sites (N-methyl/N-ethyl adjacent to an activating group) is 1. The van der Waals surface area contributed by atoms with Gasteiger partial charge in [-0.25, -0.2) is 4.39 Å². The number of halogens is 1. The first-order chi connectivity index (χ1) is 7.49. The normalized spacial score (nSPS) is 18.4. The van der Waals surface area contributed by atoms with E-state index in [4.69, 9.17) is 0 Å². The average Bonchev–Trinajstić information content (AvgIpc) is 2.21. The summed E-state index contributed by atoms with van der Waals surface area (Å²) >= 11 is 0. The lowest BCUT2D eigenvalue weighted by Gasteiger charge is -2.38. The molecule has 0 radical (unpaired) electrons. The van der Waals surface area contributed by atoms with E-state index < -0.39 is 0 Å². The van der Waals surface area contributed by atoms with Crippen molar-refractivity contribution < 1.29 is 4.39 Å². The fourth-order valence-electron chi connectivity index (χ4n) is 2.42. The zero-order chi connectivity index (χ0) is 12.3. The molecule has 0 N–H and O–H groups in total. The Hall–Kier alpha value is -0.890. The monoisotopic (exact) mass is 223 g/mol. The standard InChI is InChI=1S/C12H16FN.C2H6/c1-12(2)8-14(3)7-9-4-5-10(13)6-11(9)12;1-2/h4-6H,7-8H2,1-3H3;1-2H3. The summed E-state index contributed by atoms with van der Waals surface area (Å²) in [5, 5.41) is 0. The van der Waals surface area contributed by atoms with Gasteiger partial charge in [0.15, 0.2) is 0 Å². The van der Waals surface area contributed by atoms with Gasteiger partial charge in [-0.05, 0) is 30.3 Å². The van der Waals surface area contributed by atoms with Crippen LogP contribution in [0.2, 0.25) is 0 Å². The van der Waals surface area contributed by atoms with Crippen molar-refractivity contribution in [2.24, 2.45) is 0 Å². The molecule has 0 aromatic heterocycles. The lowest BCUT2D eigenvalue weighted by atomic mass is 9.78. The highest BCUT2D eigenvalue weighted by Gasteiger charge is 2.30. The molecule has 0 fully saturated rings. The Kier molecular flexibility index (Phi) is 4.09. The van der Waals surface area contributed by atoms with E-state index in [-0.39, 0.29) is 11.2 Å². The van der Waals surface area contributed by atoms with Crippen LogP contribution >= 0.6 is 0 Å². The van der Waals surface area contributed by atoms with Crippen LogP contribution in [-0.4, -0.2) is 18.5 Å². The minimum Gasteiger partial charge on any atom is -0.301 e. The van der Waals surface area contributed by atoms with E-state index in [1.54, 1.807) is 12.1 Å². The SMILES string of the molecule is CC.CN1Cc2ccc(F)cc2C(C)(C)C1. The van der Waals surface area contributed by atoms with Gasteiger partial charge in [0.1, 0.15) is 5.82 Å². The molecule has 1 aliphatic heterocycles. The van der Waals surface area contributed by atoms with Crippen molar-refractivity contribution in [3.63, 3.8) is 0 Å². The van der Waals surface area contributed by atoms with Gasteiger partial charge < -0.3 is 4.90 Å². The van der Waals surface area contributed by atoms with Crippen LogP contribution in [0.1, 0.15) is 38.8 Å². The van der Waals surface area contributed by atoms with Crippen LogP contribution in [0.5, 0.6) is 0 Å². The van der Waals surface area contributed by atoms with Crippen LogP contribution < -0.4 is 0 Å². The number of fused-ring (bicyclic) bond motifs is 1. The maximum Gasteiger partial charge on any atom is 0.123 e. The quantitative estimate of drug-likeness (QED) is 0.650. The first-order valence-corrected chi connectivity index (χ1v) is 5.96. The molecular weight excluding hydrogens is 201 g/mol. The summed E-state index contributed by atoms with van der Waals surface area (Å²) < 4.78 is 13.1. The molecule has 1 heterocycles. The Labute approximate surface area is 98.3 Å². The van der Waals surface area contributed by atoms with Crippen LogP contribution in [0.25, 0.3) is 0 Å². The zero-order valence-corrected chi connectivity index (χ0v) is 11.0. The Balaban J connectivity index is 0.000000606. The van der Waals surface area contributed by atoms with Crippen LogP contribution in [0, 0.1) is 5.82 Å². The molecule has 1 aromatic rings. The Bertz CT molecular complexity index is 358. The average molecular weight is 223 g/mol. The second-order valence-corrected chi connectivity index (χ2v) is 4.86. The highest BCUT2D eigenvalue weighted by molar-refractivity contribution is 5.36. The molecule has 0 spiro atoms. The number of benzene rings is 1. The summed E-state index contributed by atoms with van der Waals surface area (Å²) in [6, 6.07) is 5.14. The summed E-state index contributed by atoms with van der Waals surface area (Å²) in [4.78, 5) is 2.28. The van der Waals surface area contributed by atoms with E-state index >= 15 is 0 Å². The van der Waals surface area contributed by atoms with E-state index in [0.29, 0.717) is 0 Å². The van der Waals surface area contributed by atoms with E-state index in [0.717, 1.165) is 18.7 Å². The van der Waals surface area contributed by atoms with Gasteiger partial charge in [0.05, 0.1) is 0 Å². The van der Waals surface area contributed by atoms with Crippen molar-refractivity contribution in [1.82, 2.24) is 4.90 Å². The lowest BCUT2D eigenvalue weighted by Crippen LogP contribution is -2.39. The molecule has 1 aromatic carbocycles. The van der Waals surface area contributed by atoms with Crippen LogP contribution in [0.3, 0.4) is 0 Å². The molecule has 0 saturated carbocycles. The second-order valence-electron chi connectivity index (χ2n) is 4.86. The summed E-state index contributed by atoms with van der Waals surface area (Å²) in [6.45, 7) is 10.3. The minimum absolute atomic E-state index is 0.0600. The largest absolute Gasteiger partial charge is 0.301 e. The fraction of sp³-hybridized carbons (Fsp3) is 0.571. The third-order valence-corrected chi connectivity index (χ3v) is 2.91. The summed E-state index contributed by atoms with van der Waals surface area (Å²) in [5.74, 6) is -0.124. The molecule has 0 bridgehead atoms. The first kappa shape index (κ1) is 13.2. The summed E-state index contributed by atoms with van der Waals surface area (Å²) in [5.41, 5.74) is 2.48. The van der Waals surface area contributed by atoms with Gasteiger partial charge >= 0.3 is 0 Å². The maximum absolute atomic E-state index is 13.1. The van der Waals surface area contributed by atoms with Crippen molar-refractivity contribution in [2.75, 3.05) is 13.6 Å². The molecule has 0 unspecified atom stereocenters. The minimum atomic E-state index is -0.124. The van der Waals surface area contributed by atoms with Crippen LogP contribution in [-0.2, 0) is 12.0 Å². The van der Waals surface area contributed by atoms with Crippen LogP contribution in [0.15, 0.2) is 18.2 Å². The molecule has 16 heavy (non-hydrogen) atoms. The first-order valence-electron chi connectivity index (χ1n) is 5.96. The second kappa shape index (κ2) is 4.96.